The van der Waals surface area contributed by atoms with Crippen LogP contribution in [-0.4, -0.2) is 60.2 Å². The summed E-state index contributed by atoms with van der Waals surface area (Å²) in [4.78, 5) is 14.2. The molecule has 2 saturated heterocycles. The molecule has 0 amide bonds. The molecule has 2 atom stereocenters. The van der Waals surface area contributed by atoms with Crippen molar-refractivity contribution in [1.29, 1.82) is 0 Å². The molecular formula is C18H27BFN3O4. The number of likely N-dealkylation sites (N-methyl/N-ethyl adjacent to an activating group) is 1. The Balaban J connectivity index is 1.98. The first-order valence-corrected chi connectivity index (χ1v) is 9.10. The predicted octanol–water partition coefficient (Wildman–Crippen LogP) is 2.03. The fourth-order valence-electron chi connectivity index (χ4n) is 3.42. The Morgan fingerprint density at radius 2 is 1.74 bits per heavy atom. The van der Waals surface area contributed by atoms with Crippen LogP contribution >= 0.6 is 0 Å². The molecule has 0 radical (unpaired) electrons. The molecule has 0 bridgehead atoms. The van der Waals surface area contributed by atoms with Gasteiger partial charge in [-0.3, -0.25) is 10.1 Å². The van der Waals surface area contributed by atoms with Crippen molar-refractivity contribution >= 4 is 18.3 Å². The van der Waals surface area contributed by atoms with Crippen LogP contribution < -0.4 is 10.4 Å². The number of hydrogen-bond acceptors (Lipinski definition) is 6. The van der Waals surface area contributed by atoms with Gasteiger partial charge in [0.2, 0.25) is 0 Å². The van der Waals surface area contributed by atoms with Crippen molar-refractivity contribution in [3.63, 3.8) is 0 Å². The molecule has 0 aliphatic carbocycles. The lowest BCUT2D eigenvalue weighted by Crippen LogP contribution is -2.66. The van der Waals surface area contributed by atoms with Crippen LogP contribution in [0.2, 0.25) is 0 Å². The van der Waals surface area contributed by atoms with Gasteiger partial charge in [0, 0.05) is 23.0 Å². The zero-order chi connectivity index (χ0) is 20.2. The summed E-state index contributed by atoms with van der Waals surface area (Å²) in [6.45, 7) is 9.19. The van der Waals surface area contributed by atoms with E-state index in [4.69, 9.17) is 9.31 Å². The van der Waals surface area contributed by atoms with Gasteiger partial charge >= 0.3 is 7.12 Å². The third kappa shape index (κ3) is 3.21. The summed E-state index contributed by atoms with van der Waals surface area (Å²) in [5.41, 5.74) is -1.21. The van der Waals surface area contributed by atoms with Gasteiger partial charge in [-0.2, -0.15) is 0 Å². The zero-order valence-electron chi connectivity index (χ0n) is 16.7. The summed E-state index contributed by atoms with van der Waals surface area (Å²) in [6, 6.07) is 7.21. The molecule has 2 heterocycles. The smallest absolute Gasteiger partial charge is 0.399 e. The lowest BCUT2D eigenvalue weighted by molar-refractivity contribution is -0.595. The molecule has 0 aromatic heterocycles. The lowest BCUT2D eigenvalue weighted by Gasteiger charge is -2.44. The number of halogens is 1. The van der Waals surface area contributed by atoms with Crippen molar-refractivity contribution in [2.75, 3.05) is 25.0 Å². The molecule has 7 nitrogen and oxygen atoms in total. The van der Waals surface area contributed by atoms with Gasteiger partial charge in [-0.1, -0.05) is 18.2 Å². The van der Waals surface area contributed by atoms with Gasteiger partial charge < -0.3 is 14.2 Å². The van der Waals surface area contributed by atoms with Crippen molar-refractivity contribution < 1.29 is 18.6 Å². The van der Waals surface area contributed by atoms with Crippen LogP contribution in [0.25, 0.3) is 0 Å². The topological polar surface area (TPSA) is 68.1 Å². The Labute approximate surface area is 159 Å². The number of alkyl halides is 1. The Morgan fingerprint density at radius 3 is 2.30 bits per heavy atom. The van der Waals surface area contributed by atoms with E-state index in [1.165, 1.54) is 16.7 Å². The summed E-state index contributed by atoms with van der Waals surface area (Å²) in [5.74, 6) is 0. The van der Waals surface area contributed by atoms with Crippen LogP contribution in [0.1, 0.15) is 34.6 Å². The SMILES string of the molecule is CN1CC(F)N(c2ccccc2B2OC(C)(C)C(C)(C)O2)CC1(C)[N+](=O)[O-]. The number of benzene rings is 1. The van der Waals surface area contributed by atoms with Crippen molar-refractivity contribution in [3.8, 4) is 0 Å². The number of nitrogens with zero attached hydrogens (tertiary/aromatic N) is 3. The summed E-state index contributed by atoms with van der Waals surface area (Å²) >= 11 is 0. The molecule has 0 spiro atoms. The molecule has 1 aromatic rings. The fourth-order valence-corrected chi connectivity index (χ4v) is 3.42. The molecule has 148 valence electrons. The van der Waals surface area contributed by atoms with E-state index in [1.54, 1.807) is 19.2 Å². The van der Waals surface area contributed by atoms with E-state index in [2.05, 4.69) is 0 Å². The van der Waals surface area contributed by atoms with Crippen molar-refractivity contribution in [3.05, 3.63) is 34.4 Å². The maximum absolute atomic E-state index is 14.9. The zero-order valence-corrected chi connectivity index (χ0v) is 16.7. The highest BCUT2D eigenvalue weighted by atomic mass is 19.1. The lowest BCUT2D eigenvalue weighted by atomic mass is 9.77. The average molecular weight is 379 g/mol. The average Bonchev–Trinajstić information content (AvgIpc) is 2.78. The van der Waals surface area contributed by atoms with E-state index in [0.717, 1.165) is 0 Å². The van der Waals surface area contributed by atoms with Crippen LogP contribution in [-0.2, 0) is 9.31 Å². The van der Waals surface area contributed by atoms with Gasteiger partial charge in [-0.15, -0.1) is 0 Å². The number of nitro groups is 1. The number of piperazine rings is 1. The van der Waals surface area contributed by atoms with Gasteiger partial charge in [-0.25, -0.2) is 9.29 Å². The van der Waals surface area contributed by atoms with Crippen molar-refractivity contribution in [2.24, 2.45) is 0 Å². The quantitative estimate of drug-likeness (QED) is 0.347. The van der Waals surface area contributed by atoms with E-state index < -0.39 is 30.3 Å². The highest BCUT2D eigenvalue weighted by Crippen LogP contribution is 2.38. The van der Waals surface area contributed by atoms with E-state index in [1.807, 2.05) is 39.8 Å². The molecule has 27 heavy (non-hydrogen) atoms. The summed E-state index contributed by atoms with van der Waals surface area (Å²) in [7, 11) is 0.910. The molecule has 0 N–H and O–H groups in total. The number of hydrogen-bond donors (Lipinski definition) is 0. The Bertz CT molecular complexity index is 731. The van der Waals surface area contributed by atoms with Crippen molar-refractivity contribution in [2.45, 2.75) is 57.8 Å². The van der Waals surface area contributed by atoms with E-state index >= 15 is 0 Å². The Morgan fingerprint density at radius 1 is 1.19 bits per heavy atom. The molecular weight excluding hydrogens is 352 g/mol. The molecule has 2 aliphatic rings. The fraction of sp³-hybridized carbons (Fsp3) is 0.667. The van der Waals surface area contributed by atoms with E-state index in [0.29, 0.717) is 11.2 Å². The van der Waals surface area contributed by atoms with Crippen molar-refractivity contribution in [1.82, 2.24) is 4.90 Å². The molecule has 2 aliphatic heterocycles. The number of anilines is 1. The first-order valence-electron chi connectivity index (χ1n) is 9.10. The maximum Gasteiger partial charge on any atom is 0.496 e. The summed E-state index contributed by atoms with van der Waals surface area (Å²) in [6.07, 6.45) is -1.37. The number of para-hydroxylation sites is 1. The summed E-state index contributed by atoms with van der Waals surface area (Å²) in [5, 5.41) is 11.6. The largest absolute Gasteiger partial charge is 0.496 e. The van der Waals surface area contributed by atoms with Crippen LogP contribution in [0.15, 0.2) is 24.3 Å². The minimum atomic E-state index is -1.38. The normalized spacial score (nSPS) is 30.6. The molecule has 2 fully saturated rings. The van der Waals surface area contributed by atoms with E-state index in [9.17, 15) is 14.5 Å². The van der Waals surface area contributed by atoms with Gasteiger partial charge in [-0.05, 0) is 40.8 Å². The molecule has 1 aromatic carbocycles. The predicted molar refractivity (Wildman–Crippen MR) is 102 cm³/mol. The van der Waals surface area contributed by atoms with Gasteiger partial charge in [0.15, 0.2) is 6.30 Å². The van der Waals surface area contributed by atoms with E-state index in [-0.39, 0.29) is 18.0 Å². The standard InChI is InChI=1S/C18H27BFN3O4/c1-16(2)17(3,4)27-19(26-16)13-9-7-8-10-14(13)22-12-18(5,23(24)25)21(6)11-15(22)20/h7-10,15H,11-12H2,1-6H3. The third-order valence-electron chi connectivity index (χ3n) is 6.20. The molecule has 2 unspecified atom stereocenters. The first kappa shape index (κ1) is 20.0. The van der Waals surface area contributed by atoms with Gasteiger partial charge in [0.25, 0.3) is 5.66 Å². The Kier molecular flexibility index (Phi) is 4.77. The van der Waals surface area contributed by atoms with Gasteiger partial charge in [0.1, 0.15) is 6.54 Å². The second-order valence-electron chi connectivity index (χ2n) is 8.56. The Hall–Kier alpha value is -1.71. The maximum atomic E-state index is 14.9. The molecule has 3 rings (SSSR count). The molecule has 9 heteroatoms. The number of rotatable bonds is 3. The monoisotopic (exact) mass is 379 g/mol. The second-order valence-corrected chi connectivity index (χ2v) is 8.56. The molecule has 0 saturated carbocycles. The minimum Gasteiger partial charge on any atom is -0.399 e. The highest BCUT2D eigenvalue weighted by molar-refractivity contribution is 6.64. The van der Waals surface area contributed by atoms with Crippen LogP contribution in [0.4, 0.5) is 10.1 Å². The minimum absolute atomic E-state index is 0.0603. The third-order valence-corrected chi connectivity index (χ3v) is 6.20. The first-order chi connectivity index (χ1) is 12.4. The second kappa shape index (κ2) is 6.43. The summed E-state index contributed by atoms with van der Waals surface area (Å²) < 4.78 is 27.2. The van der Waals surface area contributed by atoms with Crippen LogP contribution in [0.3, 0.4) is 0 Å². The van der Waals surface area contributed by atoms with Crippen LogP contribution in [0, 0.1) is 10.1 Å². The highest BCUT2D eigenvalue weighted by Gasteiger charge is 2.54. The van der Waals surface area contributed by atoms with Gasteiger partial charge in [0.05, 0.1) is 17.7 Å². The van der Waals surface area contributed by atoms with Crippen LogP contribution in [0.5, 0.6) is 0 Å².